The van der Waals surface area contributed by atoms with Gasteiger partial charge in [0.1, 0.15) is 11.5 Å². The predicted molar refractivity (Wildman–Crippen MR) is 107 cm³/mol. The molecular formula is C23H25NO4. The number of likely N-dealkylation sites (N-methyl/N-ethyl adjacent to an activating group) is 1. The second kappa shape index (κ2) is 7.30. The third-order valence-corrected chi connectivity index (χ3v) is 5.59. The Kier molecular flexibility index (Phi) is 4.84. The Bertz CT molecular complexity index is 936. The van der Waals surface area contributed by atoms with Gasteiger partial charge in [0.2, 0.25) is 5.78 Å². The van der Waals surface area contributed by atoms with E-state index in [1.54, 1.807) is 39.1 Å². The molecule has 4 rings (SSSR count). The summed E-state index contributed by atoms with van der Waals surface area (Å²) >= 11 is 0. The van der Waals surface area contributed by atoms with Crippen LogP contribution in [0.1, 0.15) is 48.2 Å². The van der Waals surface area contributed by atoms with Crippen molar-refractivity contribution in [2.24, 2.45) is 0 Å². The van der Waals surface area contributed by atoms with Gasteiger partial charge in [-0.2, -0.15) is 0 Å². The summed E-state index contributed by atoms with van der Waals surface area (Å²) in [5, 5.41) is 0. The maximum Gasteiger partial charge on any atom is 0.267 e. The number of amides is 1. The highest BCUT2D eigenvalue weighted by Crippen LogP contribution is 2.34. The van der Waals surface area contributed by atoms with E-state index in [9.17, 15) is 9.59 Å². The number of Topliss-reactive ketones (excluding diaryl/α,β-unsaturated/α-hetero) is 1. The van der Waals surface area contributed by atoms with Gasteiger partial charge in [0.25, 0.3) is 5.91 Å². The van der Waals surface area contributed by atoms with Crippen LogP contribution < -0.4 is 14.4 Å². The Balaban J connectivity index is 1.52. The fourth-order valence-electron chi connectivity index (χ4n) is 3.94. The normalized spacial score (nSPS) is 19.3. The zero-order chi connectivity index (χ0) is 19.8. The van der Waals surface area contributed by atoms with Crippen LogP contribution in [0.15, 0.2) is 36.4 Å². The summed E-state index contributed by atoms with van der Waals surface area (Å²) in [6.07, 6.45) is 3.48. The van der Waals surface area contributed by atoms with E-state index < -0.39 is 12.2 Å². The van der Waals surface area contributed by atoms with Gasteiger partial charge in [-0.15, -0.1) is 0 Å². The smallest absolute Gasteiger partial charge is 0.267 e. The van der Waals surface area contributed by atoms with E-state index in [1.807, 2.05) is 6.07 Å². The molecule has 1 aliphatic heterocycles. The number of ether oxygens (including phenoxy) is 2. The van der Waals surface area contributed by atoms with Gasteiger partial charge in [-0.1, -0.05) is 6.07 Å². The van der Waals surface area contributed by atoms with Gasteiger partial charge in [-0.05, 0) is 81.0 Å². The molecule has 0 saturated carbocycles. The molecule has 1 amide bonds. The quantitative estimate of drug-likeness (QED) is 0.755. The van der Waals surface area contributed by atoms with Crippen LogP contribution >= 0.6 is 0 Å². The molecule has 2 atom stereocenters. The van der Waals surface area contributed by atoms with Crippen molar-refractivity contribution in [2.75, 3.05) is 11.9 Å². The number of aryl methyl sites for hydroxylation is 2. The Morgan fingerprint density at radius 3 is 2.68 bits per heavy atom. The summed E-state index contributed by atoms with van der Waals surface area (Å²) < 4.78 is 11.6. The summed E-state index contributed by atoms with van der Waals surface area (Å²) in [5.41, 5.74) is 3.81. The summed E-state index contributed by atoms with van der Waals surface area (Å²) in [7, 11) is 1.70. The summed E-state index contributed by atoms with van der Waals surface area (Å²) in [5.74, 6) is 1.08. The van der Waals surface area contributed by atoms with Gasteiger partial charge in [-0.25, -0.2) is 0 Å². The maximum atomic E-state index is 12.9. The minimum absolute atomic E-state index is 0.125. The number of carbonyl (C=O) groups is 2. The van der Waals surface area contributed by atoms with Crippen molar-refractivity contribution in [3.8, 4) is 11.5 Å². The number of hydrogen-bond donors (Lipinski definition) is 0. The average Bonchev–Trinajstić information content (AvgIpc) is 2.71. The zero-order valence-electron chi connectivity index (χ0n) is 16.5. The van der Waals surface area contributed by atoms with E-state index in [1.165, 1.54) is 28.9 Å². The van der Waals surface area contributed by atoms with E-state index in [0.29, 0.717) is 17.0 Å². The number of ketones is 1. The highest BCUT2D eigenvalue weighted by molar-refractivity contribution is 6.04. The molecule has 2 aromatic carbocycles. The molecule has 0 fully saturated rings. The largest absolute Gasteiger partial charge is 0.483 e. The van der Waals surface area contributed by atoms with Crippen molar-refractivity contribution < 1.29 is 19.1 Å². The van der Waals surface area contributed by atoms with Crippen molar-refractivity contribution >= 4 is 17.4 Å². The molecule has 5 nitrogen and oxygen atoms in total. The first-order valence-corrected chi connectivity index (χ1v) is 9.85. The lowest BCUT2D eigenvalue weighted by molar-refractivity contribution is -0.125. The molecule has 146 valence electrons. The van der Waals surface area contributed by atoms with Gasteiger partial charge in [0.05, 0.1) is 5.69 Å². The molecule has 0 saturated heterocycles. The SMILES string of the molecule is CC(Oc1ccc2c(c1)CCCC2)C(=O)c1ccc2c(c1)N(C)C(=O)C(C)O2. The Morgan fingerprint density at radius 2 is 1.89 bits per heavy atom. The molecule has 0 spiro atoms. The first kappa shape index (κ1) is 18.5. The van der Waals surface area contributed by atoms with Crippen LogP contribution in [0.4, 0.5) is 5.69 Å². The first-order chi connectivity index (χ1) is 13.4. The van der Waals surface area contributed by atoms with E-state index in [0.717, 1.165) is 18.6 Å². The van der Waals surface area contributed by atoms with Crippen molar-refractivity contribution in [3.05, 3.63) is 53.1 Å². The van der Waals surface area contributed by atoms with Crippen LogP contribution in [0.25, 0.3) is 0 Å². The Labute approximate surface area is 165 Å². The first-order valence-electron chi connectivity index (χ1n) is 9.85. The van der Waals surface area contributed by atoms with Crippen LogP contribution in [-0.4, -0.2) is 30.9 Å². The van der Waals surface area contributed by atoms with Gasteiger partial charge in [0.15, 0.2) is 12.2 Å². The summed E-state index contributed by atoms with van der Waals surface area (Å²) in [6.45, 7) is 3.48. The second-order valence-electron chi connectivity index (χ2n) is 7.60. The fraction of sp³-hybridized carbons (Fsp3) is 0.391. The Hall–Kier alpha value is -2.82. The minimum atomic E-state index is -0.621. The molecular weight excluding hydrogens is 354 g/mol. The van der Waals surface area contributed by atoms with Crippen molar-refractivity contribution in [2.45, 2.75) is 51.7 Å². The number of benzene rings is 2. The fourth-order valence-corrected chi connectivity index (χ4v) is 3.94. The average molecular weight is 379 g/mol. The molecule has 0 aromatic heterocycles. The number of rotatable bonds is 4. The monoisotopic (exact) mass is 379 g/mol. The lowest BCUT2D eigenvalue weighted by atomic mass is 9.92. The maximum absolute atomic E-state index is 12.9. The number of anilines is 1. The lowest BCUT2D eigenvalue weighted by Crippen LogP contribution is -2.42. The highest BCUT2D eigenvalue weighted by atomic mass is 16.5. The van der Waals surface area contributed by atoms with Gasteiger partial charge in [0, 0.05) is 12.6 Å². The summed E-state index contributed by atoms with van der Waals surface area (Å²) in [4.78, 5) is 26.6. The number of fused-ring (bicyclic) bond motifs is 2. The van der Waals surface area contributed by atoms with E-state index in [2.05, 4.69) is 12.1 Å². The third-order valence-electron chi connectivity index (χ3n) is 5.59. The summed E-state index contributed by atoms with van der Waals surface area (Å²) in [6, 6.07) is 11.3. The standard InChI is InChI=1S/C23H25NO4/c1-14(27-19-10-8-16-6-4-5-7-17(16)12-19)22(25)18-9-11-21-20(13-18)24(3)23(26)15(2)28-21/h8-15H,4-7H2,1-3H3. The van der Waals surface area contributed by atoms with Crippen LogP contribution in [0.2, 0.25) is 0 Å². The van der Waals surface area contributed by atoms with Crippen LogP contribution in [0, 0.1) is 0 Å². The van der Waals surface area contributed by atoms with Crippen LogP contribution in [-0.2, 0) is 17.6 Å². The minimum Gasteiger partial charge on any atom is -0.483 e. The molecule has 0 bridgehead atoms. The molecule has 2 aliphatic rings. The zero-order valence-corrected chi connectivity index (χ0v) is 16.5. The molecule has 2 aromatic rings. The molecule has 5 heteroatoms. The topological polar surface area (TPSA) is 55.8 Å². The van der Waals surface area contributed by atoms with E-state index >= 15 is 0 Å². The second-order valence-corrected chi connectivity index (χ2v) is 7.60. The van der Waals surface area contributed by atoms with Crippen molar-refractivity contribution in [1.29, 1.82) is 0 Å². The molecule has 0 N–H and O–H groups in total. The number of carbonyl (C=O) groups excluding carboxylic acids is 2. The third kappa shape index (κ3) is 3.37. The van der Waals surface area contributed by atoms with Gasteiger partial charge in [-0.3, -0.25) is 9.59 Å². The van der Waals surface area contributed by atoms with E-state index in [-0.39, 0.29) is 11.7 Å². The molecule has 1 aliphatic carbocycles. The predicted octanol–water partition coefficient (Wildman–Crippen LogP) is 3.96. The van der Waals surface area contributed by atoms with Crippen molar-refractivity contribution in [1.82, 2.24) is 0 Å². The molecule has 0 radical (unpaired) electrons. The Morgan fingerprint density at radius 1 is 1.14 bits per heavy atom. The molecule has 1 heterocycles. The van der Waals surface area contributed by atoms with Crippen molar-refractivity contribution in [3.63, 3.8) is 0 Å². The van der Waals surface area contributed by atoms with E-state index in [4.69, 9.17) is 9.47 Å². The highest BCUT2D eigenvalue weighted by Gasteiger charge is 2.30. The van der Waals surface area contributed by atoms with Gasteiger partial charge < -0.3 is 14.4 Å². The molecule has 2 unspecified atom stereocenters. The van der Waals surface area contributed by atoms with Crippen LogP contribution in [0.3, 0.4) is 0 Å². The number of hydrogen-bond acceptors (Lipinski definition) is 4. The van der Waals surface area contributed by atoms with Gasteiger partial charge >= 0.3 is 0 Å². The lowest BCUT2D eigenvalue weighted by Gasteiger charge is -2.30. The molecule has 28 heavy (non-hydrogen) atoms. The van der Waals surface area contributed by atoms with Crippen LogP contribution in [0.5, 0.6) is 11.5 Å². The number of nitrogens with zero attached hydrogens (tertiary/aromatic N) is 1.